The Balaban J connectivity index is 1.40. The van der Waals surface area contributed by atoms with Gasteiger partial charge in [0.1, 0.15) is 5.75 Å². The van der Waals surface area contributed by atoms with Gasteiger partial charge in [-0.25, -0.2) is 8.42 Å². The molecular formula is C27H37N3O4S. The van der Waals surface area contributed by atoms with Crippen LogP contribution in [-0.4, -0.2) is 51.2 Å². The molecule has 0 aliphatic carbocycles. The van der Waals surface area contributed by atoms with E-state index in [0.717, 1.165) is 37.0 Å². The highest BCUT2D eigenvalue weighted by Crippen LogP contribution is 2.38. The highest BCUT2D eigenvalue weighted by Gasteiger charge is 2.35. The molecule has 1 N–H and O–H groups in total. The molecule has 190 valence electrons. The van der Waals surface area contributed by atoms with Crippen LogP contribution < -0.4 is 14.4 Å². The van der Waals surface area contributed by atoms with Crippen LogP contribution in [0, 0.1) is 0 Å². The van der Waals surface area contributed by atoms with Gasteiger partial charge in [0.15, 0.2) is 6.10 Å². The Bertz CT molecular complexity index is 1150. The van der Waals surface area contributed by atoms with Crippen LogP contribution in [-0.2, 0) is 33.3 Å². The van der Waals surface area contributed by atoms with Crippen molar-refractivity contribution in [1.82, 2.24) is 10.2 Å². The second kappa shape index (κ2) is 10.2. The molecular weight excluding hydrogens is 462 g/mol. The maximum Gasteiger partial charge on any atom is 0.263 e. The molecule has 2 aliphatic heterocycles. The molecule has 7 nitrogen and oxygen atoms in total. The molecule has 1 saturated heterocycles. The summed E-state index contributed by atoms with van der Waals surface area (Å²) in [5, 5.41) is 2.91. The third kappa shape index (κ3) is 6.35. The number of ether oxygens (including phenoxy) is 1. The molecule has 1 fully saturated rings. The number of carbonyl (C=O) groups is 1. The topological polar surface area (TPSA) is 79.0 Å². The smallest absolute Gasteiger partial charge is 0.263 e. The van der Waals surface area contributed by atoms with Crippen LogP contribution in [0.1, 0.15) is 56.7 Å². The Kier molecular flexibility index (Phi) is 7.43. The minimum Gasteiger partial charge on any atom is -0.476 e. The van der Waals surface area contributed by atoms with E-state index in [1.807, 2.05) is 24.3 Å². The normalized spacial score (nSPS) is 19.1. The fraction of sp³-hybridized carbons (Fsp3) is 0.519. The van der Waals surface area contributed by atoms with Gasteiger partial charge in [0.05, 0.1) is 18.5 Å². The molecule has 4 rings (SSSR count). The molecule has 0 bridgehead atoms. The number of hydrogen-bond acceptors (Lipinski definition) is 5. The molecule has 2 aliphatic rings. The van der Waals surface area contributed by atoms with Crippen LogP contribution in [0.2, 0.25) is 0 Å². The van der Waals surface area contributed by atoms with Crippen molar-refractivity contribution in [3.05, 3.63) is 59.2 Å². The van der Waals surface area contributed by atoms with Crippen LogP contribution in [0.3, 0.4) is 0 Å². The van der Waals surface area contributed by atoms with E-state index in [-0.39, 0.29) is 17.9 Å². The Morgan fingerprint density at radius 1 is 1.03 bits per heavy atom. The van der Waals surface area contributed by atoms with Gasteiger partial charge in [-0.15, -0.1) is 0 Å². The van der Waals surface area contributed by atoms with Crippen molar-refractivity contribution in [3.8, 4) is 5.75 Å². The fourth-order valence-corrected chi connectivity index (χ4v) is 5.52. The predicted molar refractivity (Wildman–Crippen MR) is 139 cm³/mol. The zero-order valence-electron chi connectivity index (χ0n) is 21.2. The number of hydrogen-bond donors (Lipinski definition) is 1. The number of nitrogens with zero attached hydrogens (tertiary/aromatic N) is 2. The third-order valence-corrected chi connectivity index (χ3v) is 7.88. The first kappa shape index (κ1) is 25.5. The van der Waals surface area contributed by atoms with Crippen molar-refractivity contribution in [1.29, 1.82) is 0 Å². The second-order valence-corrected chi connectivity index (χ2v) is 12.6. The summed E-state index contributed by atoms with van der Waals surface area (Å²) >= 11 is 0. The number of likely N-dealkylation sites (tertiary alicyclic amines) is 1. The summed E-state index contributed by atoms with van der Waals surface area (Å²) in [6, 6.07) is 13.8. The molecule has 2 aromatic rings. The number of carbonyl (C=O) groups excluding carboxylic acids is 1. The zero-order valence-corrected chi connectivity index (χ0v) is 22.0. The van der Waals surface area contributed by atoms with E-state index in [4.69, 9.17) is 4.74 Å². The first-order valence-corrected chi connectivity index (χ1v) is 14.2. The van der Waals surface area contributed by atoms with Gasteiger partial charge >= 0.3 is 0 Å². The maximum absolute atomic E-state index is 12.9. The van der Waals surface area contributed by atoms with Gasteiger partial charge in [0, 0.05) is 13.1 Å². The van der Waals surface area contributed by atoms with Gasteiger partial charge < -0.3 is 10.1 Å². The minimum absolute atomic E-state index is 0.0555. The van der Waals surface area contributed by atoms with Crippen molar-refractivity contribution in [3.63, 3.8) is 0 Å². The largest absolute Gasteiger partial charge is 0.476 e. The quantitative estimate of drug-likeness (QED) is 0.654. The van der Waals surface area contributed by atoms with E-state index < -0.39 is 16.1 Å². The van der Waals surface area contributed by atoms with Gasteiger partial charge in [-0.3, -0.25) is 14.0 Å². The first-order valence-electron chi connectivity index (χ1n) is 12.4. The lowest BCUT2D eigenvalue weighted by molar-refractivity contribution is -0.127. The molecule has 0 saturated carbocycles. The Morgan fingerprint density at radius 2 is 1.69 bits per heavy atom. The van der Waals surface area contributed by atoms with E-state index >= 15 is 0 Å². The number of amides is 1. The number of benzene rings is 2. The summed E-state index contributed by atoms with van der Waals surface area (Å²) in [6.45, 7) is 9.78. The van der Waals surface area contributed by atoms with E-state index in [1.165, 1.54) is 29.1 Å². The first-order chi connectivity index (χ1) is 16.5. The van der Waals surface area contributed by atoms with Gasteiger partial charge in [-0.1, -0.05) is 57.5 Å². The fourth-order valence-electron chi connectivity index (χ4n) is 4.61. The van der Waals surface area contributed by atoms with Crippen LogP contribution in [0.5, 0.6) is 5.75 Å². The van der Waals surface area contributed by atoms with E-state index in [1.54, 1.807) is 6.07 Å². The molecule has 2 heterocycles. The number of anilines is 1. The number of piperidine rings is 1. The standard InChI is InChI=1S/C27H37N3O4S/c1-27(2,3)22-12-13-24-23(16-22)30(35(4,32)33)19-25(34-24)26(31)28-17-20-8-10-21(11-9-20)18-29-14-6-5-7-15-29/h8-13,16,25H,5-7,14-15,17-19H2,1-4H3,(H,28,31)/t25-/m0/s1. The molecule has 1 amide bonds. The van der Waals surface area contributed by atoms with E-state index in [2.05, 4.69) is 43.1 Å². The van der Waals surface area contributed by atoms with Crippen LogP contribution in [0.4, 0.5) is 5.69 Å². The van der Waals surface area contributed by atoms with Crippen LogP contribution in [0.25, 0.3) is 0 Å². The van der Waals surface area contributed by atoms with Crippen LogP contribution >= 0.6 is 0 Å². The molecule has 2 aromatic carbocycles. The molecule has 0 spiro atoms. The molecule has 1 atom stereocenters. The maximum atomic E-state index is 12.9. The Labute approximate surface area is 209 Å². The lowest BCUT2D eigenvalue weighted by Crippen LogP contribution is -2.50. The molecule has 0 unspecified atom stereocenters. The summed E-state index contributed by atoms with van der Waals surface area (Å²) < 4.78 is 32.4. The highest BCUT2D eigenvalue weighted by molar-refractivity contribution is 7.92. The van der Waals surface area contributed by atoms with Crippen molar-refractivity contribution in [2.75, 3.05) is 30.2 Å². The van der Waals surface area contributed by atoms with Crippen molar-refractivity contribution < 1.29 is 17.9 Å². The average Bonchev–Trinajstić information content (AvgIpc) is 2.82. The second-order valence-electron chi connectivity index (χ2n) is 10.7. The summed E-state index contributed by atoms with van der Waals surface area (Å²) in [5.74, 6) is 0.0680. The summed E-state index contributed by atoms with van der Waals surface area (Å²) in [4.78, 5) is 15.4. The van der Waals surface area contributed by atoms with Crippen LogP contribution in [0.15, 0.2) is 42.5 Å². The summed E-state index contributed by atoms with van der Waals surface area (Å²) in [6.07, 6.45) is 4.10. The van der Waals surface area contributed by atoms with Crippen molar-refractivity contribution in [2.24, 2.45) is 0 Å². The average molecular weight is 500 g/mol. The predicted octanol–water partition coefficient (Wildman–Crippen LogP) is 3.81. The van der Waals surface area contributed by atoms with E-state index in [0.29, 0.717) is 18.0 Å². The third-order valence-electron chi connectivity index (χ3n) is 6.73. The number of rotatable bonds is 6. The summed E-state index contributed by atoms with van der Waals surface area (Å²) in [7, 11) is -3.58. The van der Waals surface area contributed by atoms with Gasteiger partial charge in [-0.05, 0) is 60.2 Å². The Morgan fingerprint density at radius 3 is 2.31 bits per heavy atom. The SMILES string of the molecule is CC(C)(C)c1ccc2c(c1)N(S(C)(=O)=O)C[C@@H](C(=O)NCc1ccc(CN3CCCCC3)cc1)O2. The molecule has 0 radical (unpaired) electrons. The van der Waals surface area contributed by atoms with E-state index in [9.17, 15) is 13.2 Å². The van der Waals surface area contributed by atoms with Crippen molar-refractivity contribution >= 4 is 21.6 Å². The zero-order chi connectivity index (χ0) is 25.2. The van der Waals surface area contributed by atoms with Gasteiger partial charge in [0.25, 0.3) is 5.91 Å². The number of nitrogens with one attached hydrogen (secondary N) is 1. The minimum atomic E-state index is -3.58. The van der Waals surface area contributed by atoms with Gasteiger partial charge in [0.2, 0.25) is 10.0 Å². The molecule has 0 aromatic heterocycles. The molecule has 8 heteroatoms. The monoisotopic (exact) mass is 499 g/mol. The highest BCUT2D eigenvalue weighted by atomic mass is 32.2. The summed E-state index contributed by atoms with van der Waals surface area (Å²) in [5.41, 5.74) is 3.60. The lowest BCUT2D eigenvalue weighted by atomic mass is 9.86. The number of sulfonamides is 1. The number of fused-ring (bicyclic) bond motifs is 1. The Hall–Kier alpha value is -2.58. The molecule has 35 heavy (non-hydrogen) atoms. The lowest BCUT2D eigenvalue weighted by Gasteiger charge is -2.35. The van der Waals surface area contributed by atoms with Gasteiger partial charge in [-0.2, -0.15) is 0 Å². The van der Waals surface area contributed by atoms with Crippen molar-refractivity contribution in [2.45, 2.75) is 64.6 Å².